The molecule has 0 spiro atoms. The Balaban J connectivity index is -0.000000171. The van der Waals surface area contributed by atoms with E-state index in [1.165, 1.54) is 11.1 Å². The fraction of sp³-hybridized carbons (Fsp3) is 0.429. The smallest absolute Gasteiger partial charge is 0.857 e. The summed E-state index contributed by atoms with van der Waals surface area (Å²) in [5, 5.41) is 16.5. The van der Waals surface area contributed by atoms with Crippen molar-refractivity contribution in [1.29, 1.82) is 0 Å². The van der Waals surface area contributed by atoms with Gasteiger partial charge in [-0.3, -0.25) is 12.2 Å². The molecule has 0 saturated heterocycles. The maximum Gasteiger partial charge on any atom is 4.00 e. The van der Waals surface area contributed by atoms with E-state index in [9.17, 15) is 0 Å². The third kappa shape index (κ3) is 15.6. The molecule has 0 aliphatic heterocycles. The van der Waals surface area contributed by atoms with Crippen LogP contribution in [0, 0.1) is 12.2 Å². The molecular weight excluding hydrogens is 248 g/mol. The van der Waals surface area contributed by atoms with Gasteiger partial charge in [-0.2, -0.15) is 26.4 Å². The van der Waals surface area contributed by atoms with E-state index in [1.807, 2.05) is 0 Å². The van der Waals surface area contributed by atoms with Gasteiger partial charge in [-0.05, 0) is 0 Å². The van der Waals surface area contributed by atoms with Crippen LogP contribution in [0.3, 0.4) is 0 Å². The van der Waals surface area contributed by atoms with Gasteiger partial charge in [0.25, 0.3) is 0 Å². The molecule has 2 aliphatic rings. The summed E-state index contributed by atoms with van der Waals surface area (Å²) < 4.78 is 0. The molecule has 0 aromatic heterocycles. The van der Waals surface area contributed by atoms with Crippen LogP contribution in [0.5, 0.6) is 0 Å². The Morgan fingerprint density at radius 1 is 0.824 bits per heavy atom. The SMILES string of the molecule is CC1=[C-]CC=C1.CC1=[C-]CC=C1.C[O-].C[O-].[Ti+4]. The van der Waals surface area contributed by atoms with Crippen molar-refractivity contribution < 1.29 is 31.9 Å². The Morgan fingerprint density at radius 2 is 1.12 bits per heavy atom. The van der Waals surface area contributed by atoms with Crippen molar-refractivity contribution >= 4 is 0 Å². The van der Waals surface area contributed by atoms with Crippen molar-refractivity contribution in [1.82, 2.24) is 0 Å². The first-order chi connectivity index (χ1) is 7.79. The van der Waals surface area contributed by atoms with Crippen molar-refractivity contribution in [2.24, 2.45) is 0 Å². The third-order valence-corrected chi connectivity index (χ3v) is 1.73. The number of rotatable bonds is 0. The maximum atomic E-state index is 8.25. The first-order valence-electron chi connectivity index (χ1n) is 5.08. The topological polar surface area (TPSA) is 46.1 Å². The Hall–Kier alpha value is -0.406. The first kappa shape index (κ1) is 21.8. The van der Waals surface area contributed by atoms with E-state index < -0.39 is 0 Å². The van der Waals surface area contributed by atoms with Gasteiger partial charge in [0.05, 0.1) is 0 Å². The van der Waals surface area contributed by atoms with Gasteiger partial charge in [0.1, 0.15) is 0 Å². The van der Waals surface area contributed by atoms with Crippen molar-refractivity contribution in [3.05, 3.63) is 47.6 Å². The van der Waals surface area contributed by atoms with Crippen LogP contribution in [-0.4, -0.2) is 14.2 Å². The van der Waals surface area contributed by atoms with Gasteiger partial charge in [0.2, 0.25) is 0 Å². The van der Waals surface area contributed by atoms with Crippen molar-refractivity contribution in [2.75, 3.05) is 14.2 Å². The summed E-state index contributed by atoms with van der Waals surface area (Å²) in [6.45, 7) is 4.12. The zero-order valence-corrected chi connectivity index (χ0v) is 12.6. The van der Waals surface area contributed by atoms with E-state index in [-0.39, 0.29) is 21.7 Å². The molecule has 0 unspecified atom stereocenters. The van der Waals surface area contributed by atoms with E-state index in [2.05, 4.69) is 50.3 Å². The Kier molecular flexibility index (Phi) is 23.1. The van der Waals surface area contributed by atoms with Crippen LogP contribution >= 0.6 is 0 Å². The largest absolute Gasteiger partial charge is 4.00 e. The van der Waals surface area contributed by atoms with E-state index in [0.29, 0.717) is 0 Å². The molecule has 0 radical (unpaired) electrons. The monoisotopic (exact) mass is 268 g/mol. The second-order valence-corrected chi connectivity index (χ2v) is 2.93. The minimum Gasteiger partial charge on any atom is -0.857 e. The molecule has 0 N–H and O–H groups in total. The summed E-state index contributed by atoms with van der Waals surface area (Å²) in [6.07, 6.45) is 16.7. The van der Waals surface area contributed by atoms with Crippen molar-refractivity contribution in [2.45, 2.75) is 26.7 Å². The summed E-state index contributed by atoms with van der Waals surface area (Å²) in [5.74, 6) is 0. The van der Waals surface area contributed by atoms with Gasteiger partial charge in [-0.1, -0.05) is 13.8 Å². The molecule has 92 valence electrons. The third-order valence-electron chi connectivity index (χ3n) is 1.73. The summed E-state index contributed by atoms with van der Waals surface area (Å²) in [6, 6.07) is 0. The van der Waals surface area contributed by atoms with Crippen molar-refractivity contribution in [3.63, 3.8) is 0 Å². The van der Waals surface area contributed by atoms with E-state index in [1.54, 1.807) is 0 Å². The van der Waals surface area contributed by atoms with Crippen LogP contribution < -0.4 is 10.2 Å². The molecule has 0 saturated carbocycles. The van der Waals surface area contributed by atoms with E-state index in [4.69, 9.17) is 10.2 Å². The number of allylic oxidation sites excluding steroid dienone is 8. The minimum atomic E-state index is 0. The molecule has 3 heteroatoms. The van der Waals surface area contributed by atoms with Gasteiger partial charge in [0.15, 0.2) is 0 Å². The quantitative estimate of drug-likeness (QED) is 0.491. The molecule has 0 atom stereocenters. The van der Waals surface area contributed by atoms with E-state index in [0.717, 1.165) is 27.1 Å². The summed E-state index contributed by atoms with van der Waals surface area (Å²) in [5.41, 5.74) is 2.55. The molecule has 0 aromatic carbocycles. The van der Waals surface area contributed by atoms with Gasteiger partial charge in [0, 0.05) is 0 Å². The fourth-order valence-corrected chi connectivity index (χ4v) is 1.03. The average Bonchev–Trinajstić information content (AvgIpc) is 2.98. The summed E-state index contributed by atoms with van der Waals surface area (Å²) in [7, 11) is 1.50. The molecule has 0 amide bonds. The molecule has 2 aliphatic carbocycles. The predicted molar refractivity (Wildman–Crippen MR) is 64.2 cm³/mol. The normalized spacial score (nSPS) is 13.8. The summed E-state index contributed by atoms with van der Waals surface area (Å²) in [4.78, 5) is 0. The molecular formula is C14H20O2Ti. The molecule has 17 heavy (non-hydrogen) atoms. The van der Waals surface area contributed by atoms with E-state index >= 15 is 0 Å². The second-order valence-electron chi connectivity index (χ2n) is 2.93. The van der Waals surface area contributed by atoms with Gasteiger partial charge >= 0.3 is 21.7 Å². The number of hydrogen-bond acceptors (Lipinski definition) is 2. The average molecular weight is 268 g/mol. The van der Waals surface area contributed by atoms with Crippen LogP contribution in [-0.2, 0) is 21.7 Å². The van der Waals surface area contributed by atoms with Crippen LogP contribution in [0.1, 0.15) is 26.7 Å². The zero-order chi connectivity index (χ0) is 12.8. The van der Waals surface area contributed by atoms with Gasteiger partial charge in [-0.25, -0.2) is 23.3 Å². The van der Waals surface area contributed by atoms with Crippen LogP contribution in [0.15, 0.2) is 35.5 Å². The van der Waals surface area contributed by atoms with Gasteiger partial charge in [-0.15, -0.1) is 12.8 Å². The van der Waals surface area contributed by atoms with Crippen LogP contribution in [0.2, 0.25) is 0 Å². The second kappa shape index (κ2) is 18.0. The minimum absolute atomic E-state index is 0. The maximum absolute atomic E-state index is 8.25. The Labute approximate surface area is 120 Å². The standard InChI is InChI=1S/2C6H7.2CH3O.Ti/c2*1-6-4-2-3-5-6;2*1-2;/h2*2,4H,3H2,1H3;2*1H3;/q4*-1;+4. The molecule has 2 nitrogen and oxygen atoms in total. The first-order valence-corrected chi connectivity index (χ1v) is 5.08. The Morgan fingerprint density at radius 3 is 1.18 bits per heavy atom. The zero-order valence-electron chi connectivity index (χ0n) is 11.0. The molecule has 0 heterocycles. The molecule has 0 aromatic rings. The molecule has 0 bridgehead atoms. The number of hydrogen-bond donors (Lipinski definition) is 0. The predicted octanol–water partition coefficient (Wildman–Crippen LogP) is 1.34. The van der Waals surface area contributed by atoms with Crippen LogP contribution in [0.25, 0.3) is 0 Å². The van der Waals surface area contributed by atoms with Gasteiger partial charge < -0.3 is 10.2 Å². The Bertz CT molecular complexity index is 230. The summed E-state index contributed by atoms with van der Waals surface area (Å²) >= 11 is 0. The fourth-order valence-electron chi connectivity index (χ4n) is 1.03. The molecule has 2 rings (SSSR count). The van der Waals surface area contributed by atoms with Crippen LogP contribution in [0.4, 0.5) is 0 Å². The van der Waals surface area contributed by atoms with Crippen molar-refractivity contribution in [3.8, 4) is 0 Å². The molecule has 0 fully saturated rings.